The summed E-state index contributed by atoms with van der Waals surface area (Å²) in [6, 6.07) is 4.82. The molecule has 3 N–H and O–H groups in total. The Morgan fingerprint density at radius 3 is 2.67 bits per heavy atom. The van der Waals surface area contributed by atoms with E-state index in [1.54, 1.807) is 6.07 Å². The van der Waals surface area contributed by atoms with E-state index in [4.69, 9.17) is 10.5 Å². The number of guanidine groups is 1. The Morgan fingerprint density at radius 2 is 2.00 bits per heavy atom. The highest BCUT2D eigenvalue weighted by Crippen LogP contribution is 2.35. The molecule has 0 amide bonds. The Bertz CT molecular complexity index is 710. The number of nitrogens with one attached hydrogen (secondary N) is 1. The van der Waals surface area contributed by atoms with Crippen LogP contribution < -0.4 is 16.0 Å². The van der Waals surface area contributed by atoms with E-state index in [1.807, 2.05) is 4.90 Å². The van der Waals surface area contributed by atoms with Gasteiger partial charge in [-0.25, -0.2) is 4.99 Å². The maximum atomic E-state index is 13.6. The summed E-state index contributed by atoms with van der Waals surface area (Å²) in [4.78, 5) is 8.43. The molecule has 1 aromatic rings. The van der Waals surface area contributed by atoms with Gasteiger partial charge in [0.25, 0.3) is 0 Å². The van der Waals surface area contributed by atoms with Crippen LogP contribution in [0.15, 0.2) is 23.2 Å². The van der Waals surface area contributed by atoms with Gasteiger partial charge in [0.05, 0.1) is 25.3 Å². The number of anilines is 1. The van der Waals surface area contributed by atoms with E-state index in [-0.39, 0.29) is 42.0 Å². The molecule has 2 aliphatic rings. The first-order chi connectivity index (χ1) is 13.9. The van der Waals surface area contributed by atoms with Gasteiger partial charge in [0.2, 0.25) is 0 Å². The lowest BCUT2D eigenvalue weighted by molar-refractivity contribution is -0.138. The molecule has 170 valence electrons. The molecule has 2 fully saturated rings. The van der Waals surface area contributed by atoms with Crippen molar-refractivity contribution in [3.05, 3.63) is 29.3 Å². The van der Waals surface area contributed by atoms with Crippen molar-refractivity contribution in [3.8, 4) is 0 Å². The van der Waals surface area contributed by atoms with Gasteiger partial charge in [-0.1, -0.05) is 13.0 Å². The number of nitrogens with two attached hydrogens (primary N) is 1. The van der Waals surface area contributed by atoms with E-state index in [9.17, 15) is 13.2 Å². The fraction of sp³-hybridized carbons (Fsp3) is 0.650. The third kappa shape index (κ3) is 6.61. The van der Waals surface area contributed by atoms with E-state index in [0.717, 1.165) is 25.9 Å². The molecule has 30 heavy (non-hydrogen) atoms. The molecule has 1 unspecified atom stereocenters. The summed E-state index contributed by atoms with van der Waals surface area (Å²) in [5.74, 6) is 0.179. The second kappa shape index (κ2) is 11.4. The summed E-state index contributed by atoms with van der Waals surface area (Å²) >= 11 is 0. The monoisotopic (exact) mass is 541 g/mol. The number of benzene rings is 1. The Labute approximate surface area is 193 Å². The topological polar surface area (TPSA) is 66.1 Å². The number of nitrogens with zero attached hydrogens (tertiary/aromatic N) is 3. The second-order valence-electron chi connectivity index (χ2n) is 7.45. The quantitative estimate of drug-likeness (QED) is 0.330. The molecule has 2 saturated heterocycles. The number of rotatable bonds is 6. The lowest BCUT2D eigenvalue weighted by Crippen LogP contribution is -2.42. The smallest absolute Gasteiger partial charge is 0.378 e. The zero-order valence-electron chi connectivity index (χ0n) is 17.2. The molecule has 0 saturated carbocycles. The van der Waals surface area contributed by atoms with Gasteiger partial charge in [0.1, 0.15) is 0 Å². The van der Waals surface area contributed by atoms with Gasteiger partial charge in [-0.2, -0.15) is 13.2 Å². The summed E-state index contributed by atoms with van der Waals surface area (Å²) in [6.45, 7) is 6.93. The lowest BCUT2D eigenvalue weighted by Gasteiger charge is -2.29. The second-order valence-corrected chi connectivity index (χ2v) is 7.45. The minimum atomic E-state index is -4.44. The van der Waals surface area contributed by atoms with E-state index in [1.165, 1.54) is 12.1 Å². The number of hydrogen-bond acceptors (Lipinski definition) is 4. The molecule has 0 aromatic heterocycles. The minimum absolute atomic E-state index is 0. The molecule has 2 heterocycles. The predicted molar refractivity (Wildman–Crippen MR) is 123 cm³/mol. The van der Waals surface area contributed by atoms with Crippen LogP contribution in [0.3, 0.4) is 0 Å². The van der Waals surface area contributed by atoms with Crippen LogP contribution in [0, 0.1) is 0 Å². The van der Waals surface area contributed by atoms with Gasteiger partial charge in [-0.05, 0) is 43.6 Å². The zero-order valence-corrected chi connectivity index (χ0v) is 19.6. The Kier molecular flexibility index (Phi) is 9.48. The normalized spacial score (nSPS) is 20.9. The fourth-order valence-electron chi connectivity index (χ4n) is 3.98. The summed E-state index contributed by atoms with van der Waals surface area (Å²) < 4.78 is 46.1. The first-order valence-corrected chi connectivity index (χ1v) is 10.2. The molecule has 10 heteroatoms. The molecule has 3 rings (SSSR count). The number of ether oxygens (including phenoxy) is 1. The van der Waals surface area contributed by atoms with Crippen LogP contribution in [-0.2, 0) is 17.5 Å². The first kappa shape index (κ1) is 25.0. The summed E-state index contributed by atoms with van der Waals surface area (Å²) in [5, 5.41) is 3.06. The van der Waals surface area contributed by atoms with Gasteiger partial charge in [0.15, 0.2) is 5.96 Å². The molecular weight excluding hydrogens is 510 g/mol. The van der Waals surface area contributed by atoms with Crippen molar-refractivity contribution >= 4 is 35.6 Å². The highest BCUT2D eigenvalue weighted by Gasteiger charge is 2.34. The fourth-order valence-corrected chi connectivity index (χ4v) is 3.98. The van der Waals surface area contributed by atoms with Gasteiger partial charge in [0, 0.05) is 31.4 Å². The van der Waals surface area contributed by atoms with Gasteiger partial charge in [-0.15, -0.1) is 24.0 Å². The number of likely N-dealkylation sites (N-methyl/N-ethyl adjacent to an activating group) is 1. The average molecular weight is 541 g/mol. The van der Waals surface area contributed by atoms with Crippen LogP contribution in [0.4, 0.5) is 18.9 Å². The standard InChI is InChI=1S/C20H30F3N5O.HI/c1-2-27-7-3-4-17(27)14-26-19(24)25-13-15-5-6-16(12-18(15)20(21,22)23)28-8-10-29-11-9-28;/h5-6,12,17H,2-4,7-11,13-14H2,1H3,(H3,24,25,26);1H. The number of hydrogen-bond donors (Lipinski definition) is 2. The maximum absolute atomic E-state index is 13.6. The van der Waals surface area contributed by atoms with E-state index >= 15 is 0 Å². The van der Waals surface area contributed by atoms with Crippen LogP contribution in [0.1, 0.15) is 30.9 Å². The highest BCUT2D eigenvalue weighted by molar-refractivity contribution is 14.0. The summed E-state index contributed by atoms with van der Waals surface area (Å²) in [7, 11) is 0. The van der Waals surface area contributed by atoms with E-state index in [2.05, 4.69) is 22.1 Å². The number of likely N-dealkylation sites (tertiary alicyclic amines) is 1. The summed E-state index contributed by atoms with van der Waals surface area (Å²) in [5.41, 5.74) is 5.92. The molecule has 1 aromatic carbocycles. The van der Waals surface area contributed by atoms with Crippen LogP contribution in [0.2, 0.25) is 0 Å². The first-order valence-electron chi connectivity index (χ1n) is 10.2. The van der Waals surface area contributed by atoms with Crippen LogP contribution in [0.25, 0.3) is 0 Å². The SMILES string of the molecule is CCN1CCCC1CNC(N)=NCc1ccc(N2CCOCC2)cc1C(F)(F)F.I. The number of aliphatic imine (C=N–C) groups is 1. The van der Waals surface area contributed by atoms with Gasteiger partial charge >= 0.3 is 6.18 Å². The average Bonchev–Trinajstić information content (AvgIpc) is 3.18. The van der Waals surface area contributed by atoms with Gasteiger partial charge < -0.3 is 20.7 Å². The van der Waals surface area contributed by atoms with Crippen molar-refractivity contribution in [2.45, 2.75) is 38.5 Å². The van der Waals surface area contributed by atoms with Crippen LogP contribution in [-0.4, -0.2) is 62.8 Å². The van der Waals surface area contributed by atoms with Crippen LogP contribution >= 0.6 is 24.0 Å². The molecule has 0 bridgehead atoms. The van der Waals surface area contributed by atoms with E-state index < -0.39 is 11.7 Å². The molecule has 0 aliphatic carbocycles. The van der Waals surface area contributed by atoms with Crippen molar-refractivity contribution in [2.24, 2.45) is 10.7 Å². The lowest BCUT2D eigenvalue weighted by atomic mass is 10.1. The minimum Gasteiger partial charge on any atom is -0.378 e. The van der Waals surface area contributed by atoms with Crippen LogP contribution in [0.5, 0.6) is 0 Å². The van der Waals surface area contributed by atoms with Crippen molar-refractivity contribution in [1.29, 1.82) is 0 Å². The third-order valence-electron chi connectivity index (χ3n) is 5.62. The Hall–Kier alpha value is -1.27. The zero-order chi connectivity index (χ0) is 20.9. The third-order valence-corrected chi connectivity index (χ3v) is 5.62. The van der Waals surface area contributed by atoms with Gasteiger partial charge in [-0.3, -0.25) is 4.90 Å². The van der Waals surface area contributed by atoms with Crippen molar-refractivity contribution in [3.63, 3.8) is 0 Å². The maximum Gasteiger partial charge on any atom is 0.416 e. The van der Waals surface area contributed by atoms with E-state index in [0.29, 0.717) is 44.6 Å². The Balaban J connectivity index is 0.00000320. The largest absolute Gasteiger partial charge is 0.416 e. The predicted octanol–water partition coefficient (Wildman–Crippen LogP) is 3.05. The molecule has 0 radical (unpaired) electrons. The van der Waals surface area contributed by atoms with Crippen molar-refractivity contribution in [2.75, 3.05) is 50.8 Å². The number of alkyl halides is 3. The number of morpholine rings is 1. The highest BCUT2D eigenvalue weighted by atomic mass is 127. The molecule has 0 spiro atoms. The molecule has 1 atom stereocenters. The molecular formula is C20H31F3IN5O. The molecule has 2 aliphatic heterocycles. The Morgan fingerprint density at radius 1 is 1.27 bits per heavy atom. The van der Waals surface area contributed by atoms with Crippen molar-refractivity contribution in [1.82, 2.24) is 10.2 Å². The molecule has 6 nitrogen and oxygen atoms in total. The summed E-state index contributed by atoms with van der Waals surface area (Å²) in [6.07, 6.45) is -2.20. The number of halogens is 4. The van der Waals surface area contributed by atoms with Crippen molar-refractivity contribution < 1.29 is 17.9 Å².